The minimum Gasteiger partial charge on any atom is -0.481 e. The smallest absolute Gasteiger partial charge is 0.303 e. The third-order valence-electron chi connectivity index (χ3n) is 4.37. The van der Waals surface area contributed by atoms with E-state index < -0.39 is 5.97 Å². The molecule has 0 saturated carbocycles. The third kappa shape index (κ3) is 17.4. The van der Waals surface area contributed by atoms with Gasteiger partial charge in [0.1, 0.15) is 0 Å². The maximum absolute atomic E-state index is 10.4. The highest BCUT2D eigenvalue weighted by molar-refractivity contribution is 5.66. The molecule has 0 saturated heterocycles. The number of carboxylic acid groups (broad SMARTS) is 1. The topological polar surface area (TPSA) is 37.3 Å². The maximum Gasteiger partial charge on any atom is 0.303 e. The summed E-state index contributed by atoms with van der Waals surface area (Å²) in [5, 5.41) is 8.53. The summed E-state index contributed by atoms with van der Waals surface area (Å²) in [6.07, 6.45) is 18.7. The molecule has 0 aliphatic rings. The van der Waals surface area contributed by atoms with Gasteiger partial charge in [0.15, 0.2) is 0 Å². The van der Waals surface area contributed by atoms with Gasteiger partial charge < -0.3 is 5.11 Å². The molecular weight excluding hydrogens is 260 g/mol. The Kier molecular flexibility index (Phi) is 15.5. The summed E-state index contributed by atoms with van der Waals surface area (Å²) in [6.45, 7) is 4.67. The fraction of sp³-hybridized carbons (Fsp3) is 0.947. The van der Waals surface area contributed by atoms with E-state index in [2.05, 4.69) is 13.8 Å². The first kappa shape index (κ1) is 20.5. The number of unbranched alkanes of at least 4 members (excludes halogenated alkanes) is 10. The van der Waals surface area contributed by atoms with Crippen molar-refractivity contribution in [2.75, 3.05) is 0 Å². The van der Waals surface area contributed by atoms with Crippen LogP contribution in [0.25, 0.3) is 0 Å². The van der Waals surface area contributed by atoms with Gasteiger partial charge >= 0.3 is 5.97 Å². The van der Waals surface area contributed by atoms with Crippen molar-refractivity contribution in [1.82, 2.24) is 0 Å². The Bertz CT molecular complexity index is 226. The van der Waals surface area contributed by atoms with E-state index in [1.54, 1.807) is 0 Å². The fourth-order valence-electron chi connectivity index (χ4n) is 3.00. The number of carboxylic acids is 1. The van der Waals surface area contributed by atoms with Crippen LogP contribution in [-0.2, 0) is 4.79 Å². The molecular formula is C19H38O2. The van der Waals surface area contributed by atoms with E-state index in [1.165, 1.54) is 77.0 Å². The van der Waals surface area contributed by atoms with Crippen molar-refractivity contribution >= 4 is 5.97 Å². The SMILES string of the molecule is CCC[C@@H](C)CCCCCCCCCCCCCC(=O)O. The van der Waals surface area contributed by atoms with Crippen molar-refractivity contribution in [2.45, 2.75) is 110 Å². The van der Waals surface area contributed by atoms with Gasteiger partial charge in [0, 0.05) is 6.42 Å². The van der Waals surface area contributed by atoms with E-state index in [1.807, 2.05) is 0 Å². The van der Waals surface area contributed by atoms with Gasteiger partial charge in [-0.25, -0.2) is 0 Å². The predicted molar refractivity (Wildman–Crippen MR) is 91.7 cm³/mol. The van der Waals surface area contributed by atoms with Crippen molar-refractivity contribution in [1.29, 1.82) is 0 Å². The van der Waals surface area contributed by atoms with E-state index in [4.69, 9.17) is 5.11 Å². The van der Waals surface area contributed by atoms with E-state index in [9.17, 15) is 4.79 Å². The first-order valence-corrected chi connectivity index (χ1v) is 9.38. The molecule has 0 spiro atoms. The summed E-state index contributed by atoms with van der Waals surface area (Å²) >= 11 is 0. The van der Waals surface area contributed by atoms with Crippen LogP contribution in [0.2, 0.25) is 0 Å². The van der Waals surface area contributed by atoms with E-state index in [-0.39, 0.29) is 0 Å². The van der Waals surface area contributed by atoms with Gasteiger partial charge in [-0.2, -0.15) is 0 Å². The molecule has 0 bridgehead atoms. The highest BCUT2D eigenvalue weighted by Crippen LogP contribution is 2.16. The summed E-state index contributed by atoms with van der Waals surface area (Å²) in [6, 6.07) is 0. The Labute approximate surface area is 132 Å². The standard InChI is InChI=1S/C19H38O2/c1-3-15-18(2)16-13-11-9-7-5-4-6-8-10-12-14-17-19(20)21/h18H,3-17H2,1-2H3,(H,20,21)/t18-/m1/s1. The molecule has 0 aliphatic heterocycles. The Morgan fingerprint density at radius 2 is 1.19 bits per heavy atom. The largest absolute Gasteiger partial charge is 0.481 e. The van der Waals surface area contributed by atoms with Gasteiger partial charge in [0.2, 0.25) is 0 Å². The number of aliphatic carboxylic acids is 1. The van der Waals surface area contributed by atoms with Crippen LogP contribution in [0, 0.1) is 5.92 Å². The predicted octanol–water partition coefficient (Wildman–Crippen LogP) is 6.58. The molecule has 0 radical (unpaired) electrons. The Balaban J connectivity index is 3.04. The van der Waals surface area contributed by atoms with Crippen LogP contribution in [0.3, 0.4) is 0 Å². The second-order valence-electron chi connectivity index (χ2n) is 6.72. The fourth-order valence-corrected chi connectivity index (χ4v) is 3.00. The highest BCUT2D eigenvalue weighted by Gasteiger charge is 2.00. The van der Waals surface area contributed by atoms with Crippen LogP contribution in [0.1, 0.15) is 110 Å². The van der Waals surface area contributed by atoms with Crippen molar-refractivity contribution < 1.29 is 9.90 Å². The summed E-state index contributed by atoms with van der Waals surface area (Å²) < 4.78 is 0. The van der Waals surface area contributed by atoms with Crippen LogP contribution < -0.4 is 0 Å². The Morgan fingerprint density at radius 3 is 1.62 bits per heavy atom. The summed E-state index contributed by atoms with van der Waals surface area (Å²) in [4.78, 5) is 10.4. The van der Waals surface area contributed by atoms with Gasteiger partial charge in [-0.3, -0.25) is 4.79 Å². The molecule has 21 heavy (non-hydrogen) atoms. The number of carbonyl (C=O) groups is 1. The lowest BCUT2D eigenvalue weighted by Gasteiger charge is -2.09. The lowest BCUT2D eigenvalue weighted by Crippen LogP contribution is -1.93. The summed E-state index contributed by atoms with van der Waals surface area (Å²) in [7, 11) is 0. The molecule has 0 aromatic heterocycles. The minimum atomic E-state index is -0.654. The second-order valence-corrected chi connectivity index (χ2v) is 6.72. The molecule has 0 rings (SSSR count). The first-order chi connectivity index (χ1) is 10.2. The van der Waals surface area contributed by atoms with E-state index >= 15 is 0 Å². The van der Waals surface area contributed by atoms with Gasteiger partial charge in [-0.15, -0.1) is 0 Å². The second kappa shape index (κ2) is 15.9. The van der Waals surface area contributed by atoms with Crippen LogP contribution in [0.4, 0.5) is 0 Å². The molecule has 126 valence electrons. The number of rotatable bonds is 16. The van der Waals surface area contributed by atoms with Gasteiger partial charge in [-0.1, -0.05) is 97.3 Å². The summed E-state index contributed by atoms with van der Waals surface area (Å²) in [5.41, 5.74) is 0. The molecule has 0 aromatic rings. The molecule has 0 amide bonds. The quantitative estimate of drug-likeness (QED) is 0.327. The molecule has 1 N–H and O–H groups in total. The van der Waals surface area contributed by atoms with Crippen molar-refractivity contribution in [3.8, 4) is 0 Å². The minimum absolute atomic E-state index is 0.344. The van der Waals surface area contributed by atoms with Crippen molar-refractivity contribution in [3.63, 3.8) is 0 Å². The number of hydrogen-bond donors (Lipinski definition) is 1. The molecule has 0 aromatic carbocycles. The first-order valence-electron chi connectivity index (χ1n) is 9.38. The maximum atomic E-state index is 10.4. The van der Waals surface area contributed by atoms with E-state index in [0.29, 0.717) is 6.42 Å². The van der Waals surface area contributed by atoms with Crippen LogP contribution >= 0.6 is 0 Å². The molecule has 2 nitrogen and oxygen atoms in total. The Hall–Kier alpha value is -0.530. The van der Waals surface area contributed by atoms with Crippen LogP contribution in [-0.4, -0.2) is 11.1 Å². The monoisotopic (exact) mass is 298 g/mol. The highest BCUT2D eigenvalue weighted by atomic mass is 16.4. The molecule has 0 heterocycles. The molecule has 0 aliphatic carbocycles. The van der Waals surface area contributed by atoms with E-state index in [0.717, 1.165) is 18.8 Å². The zero-order chi connectivity index (χ0) is 15.8. The average Bonchev–Trinajstić information content (AvgIpc) is 2.44. The zero-order valence-electron chi connectivity index (χ0n) is 14.5. The summed E-state index contributed by atoms with van der Waals surface area (Å²) in [5.74, 6) is 0.273. The lowest BCUT2D eigenvalue weighted by molar-refractivity contribution is -0.137. The normalized spacial score (nSPS) is 12.5. The van der Waals surface area contributed by atoms with Crippen molar-refractivity contribution in [3.05, 3.63) is 0 Å². The molecule has 1 atom stereocenters. The molecule has 2 heteroatoms. The third-order valence-corrected chi connectivity index (χ3v) is 4.37. The zero-order valence-corrected chi connectivity index (χ0v) is 14.5. The average molecular weight is 299 g/mol. The van der Waals surface area contributed by atoms with Gasteiger partial charge in [0.25, 0.3) is 0 Å². The molecule has 0 unspecified atom stereocenters. The van der Waals surface area contributed by atoms with Gasteiger partial charge in [-0.05, 0) is 12.3 Å². The number of hydrogen-bond acceptors (Lipinski definition) is 1. The van der Waals surface area contributed by atoms with Crippen LogP contribution in [0.15, 0.2) is 0 Å². The Morgan fingerprint density at radius 1 is 0.762 bits per heavy atom. The van der Waals surface area contributed by atoms with Gasteiger partial charge in [0.05, 0.1) is 0 Å². The van der Waals surface area contributed by atoms with Crippen molar-refractivity contribution in [2.24, 2.45) is 5.92 Å². The molecule has 0 fully saturated rings. The lowest BCUT2D eigenvalue weighted by atomic mass is 9.98. The van der Waals surface area contributed by atoms with Crippen LogP contribution in [0.5, 0.6) is 0 Å².